The maximum absolute atomic E-state index is 12.2. The summed E-state index contributed by atoms with van der Waals surface area (Å²) in [7, 11) is 0. The summed E-state index contributed by atoms with van der Waals surface area (Å²) < 4.78 is 5.08. The fourth-order valence-electron chi connectivity index (χ4n) is 2.49. The topological polar surface area (TPSA) is 114 Å². The number of ether oxygens (including phenoxy) is 1. The second-order valence-electron chi connectivity index (χ2n) is 6.94. The molecule has 0 unspecified atom stereocenters. The van der Waals surface area contributed by atoms with E-state index < -0.39 is 12.6 Å². The Hall–Kier alpha value is -3.68. The third-order valence-corrected chi connectivity index (χ3v) is 3.92. The van der Waals surface area contributed by atoms with Crippen molar-refractivity contribution >= 4 is 29.4 Å². The Bertz CT molecular complexity index is 905. The van der Waals surface area contributed by atoms with E-state index in [2.05, 4.69) is 16.0 Å². The van der Waals surface area contributed by atoms with Gasteiger partial charge in [-0.1, -0.05) is 12.1 Å². The first-order valence-electron chi connectivity index (χ1n) is 9.46. The minimum Gasteiger partial charge on any atom is -0.454 e. The van der Waals surface area contributed by atoms with E-state index in [1.165, 1.54) is 6.92 Å². The Balaban J connectivity index is 1.83. The Kier molecular flexibility index (Phi) is 8.10. The second-order valence-corrected chi connectivity index (χ2v) is 6.94. The zero-order valence-corrected chi connectivity index (χ0v) is 17.2. The summed E-state index contributed by atoms with van der Waals surface area (Å²) in [5.74, 6) is -1.17. The van der Waals surface area contributed by atoms with E-state index in [1.807, 2.05) is 13.8 Å². The van der Waals surface area contributed by atoms with Crippen molar-refractivity contribution in [3.63, 3.8) is 0 Å². The summed E-state index contributed by atoms with van der Waals surface area (Å²) in [6, 6.07) is 12.6. The molecule has 30 heavy (non-hydrogen) atoms. The van der Waals surface area contributed by atoms with Crippen molar-refractivity contribution in [2.45, 2.75) is 33.4 Å². The van der Waals surface area contributed by atoms with Crippen LogP contribution in [0, 0.1) is 0 Å². The largest absolute Gasteiger partial charge is 0.454 e. The molecular weight excluding hydrogens is 386 g/mol. The molecule has 0 aromatic heterocycles. The number of Topliss-reactive ketones (excluding diaryl/α,β-unsaturated/α-hetero) is 1. The van der Waals surface area contributed by atoms with Crippen LogP contribution < -0.4 is 16.0 Å². The molecule has 8 heteroatoms. The van der Waals surface area contributed by atoms with E-state index in [1.54, 1.807) is 48.5 Å². The average Bonchev–Trinajstić information content (AvgIpc) is 2.70. The van der Waals surface area contributed by atoms with Crippen molar-refractivity contribution in [3.05, 3.63) is 65.2 Å². The molecule has 0 saturated heterocycles. The standard InChI is InChI=1S/C22H25N3O5/c1-14(2)24-22(29)23-12-16-4-6-18(7-5-16)21(28)30-13-20(27)17-8-10-19(11-9-17)25-15(3)26/h4-11,14H,12-13H2,1-3H3,(H,25,26)(H2,23,24,29). The molecule has 3 amide bonds. The summed E-state index contributed by atoms with van der Waals surface area (Å²) in [6.07, 6.45) is 0. The van der Waals surface area contributed by atoms with Crippen LogP contribution in [0.1, 0.15) is 47.1 Å². The Labute approximate surface area is 175 Å². The highest BCUT2D eigenvalue weighted by atomic mass is 16.5. The molecule has 0 aliphatic heterocycles. The number of ketones is 1. The van der Waals surface area contributed by atoms with Crippen LogP contribution in [-0.4, -0.2) is 36.3 Å². The van der Waals surface area contributed by atoms with Gasteiger partial charge in [-0.3, -0.25) is 9.59 Å². The summed E-state index contributed by atoms with van der Waals surface area (Å²) in [5.41, 5.74) is 2.07. The molecule has 0 aliphatic carbocycles. The van der Waals surface area contributed by atoms with Crippen molar-refractivity contribution < 1.29 is 23.9 Å². The predicted molar refractivity (Wildman–Crippen MR) is 112 cm³/mol. The highest BCUT2D eigenvalue weighted by molar-refractivity contribution is 6.00. The van der Waals surface area contributed by atoms with E-state index in [0.717, 1.165) is 5.56 Å². The summed E-state index contributed by atoms with van der Waals surface area (Å²) in [6.45, 7) is 5.06. The fourth-order valence-corrected chi connectivity index (χ4v) is 2.49. The van der Waals surface area contributed by atoms with Crippen LogP contribution in [0.3, 0.4) is 0 Å². The maximum atomic E-state index is 12.2. The molecule has 0 heterocycles. The monoisotopic (exact) mass is 411 g/mol. The summed E-state index contributed by atoms with van der Waals surface area (Å²) in [4.78, 5) is 46.9. The molecule has 3 N–H and O–H groups in total. The van der Waals surface area contributed by atoms with Crippen LogP contribution in [-0.2, 0) is 16.1 Å². The minimum atomic E-state index is -0.615. The van der Waals surface area contributed by atoms with Gasteiger partial charge in [0.1, 0.15) is 0 Å². The lowest BCUT2D eigenvalue weighted by Gasteiger charge is -2.10. The highest BCUT2D eigenvalue weighted by Crippen LogP contribution is 2.11. The molecule has 2 aromatic carbocycles. The van der Waals surface area contributed by atoms with Crippen LogP contribution in [0.2, 0.25) is 0 Å². The SMILES string of the molecule is CC(=O)Nc1ccc(C(=O)COC(=O)c2ccc(CNC(=O)NC(C)C)cc2)cc1. The first kappa shape index (κ1) is 22.6. The number of benzene rings is 2. The molecule has 0 spiro atoms. The normalized spacial score (nSPS) is 10.3. The number of hydrogen-bond acceptors (Lipinski definition) is 5. The molecule has 0 fully saturated rings. The number of nitrogens with one attached hydrogen (secondary N) is 3. The van der Waals surface area contributed by atoms with Crippen LogP contribution in [0.15, 0.2) is 48.5 Å². The predicted octanol–water partition coefficient (Wildman–Crippen LogP) is 2.89. The second kappa shape index (κ2) is 10.8. The Morgan fingerprint density at radius 3 is 2.07 bits per heavy atom. The van der Waals surface area contributed by atoms with Gasteiger partial charge < -0.3 is 20.7 Å². The minimum absolute atomic E-state index is 0.0417. The van der Waals surface area contributed by atoms with Crippen molar-refractivity contribution in [1.82, 2.24) is 10.6 Å². The molecule has 0 radical (unpaired) electrons. The molecule has 2 rings (SSSR count). The van der Waals surface area contributed by atoms with E-state index in [0.29, 0.717) is 23.4 Å². The third-order valence-electron chi connectivity index (χ3n) is 3.92. The first-order chi connectivity index (χ1) is 14.2. The molecule has 2 aromatic rings. The quantitative estimate of drug-likeness (QED) is 0.457. The summed E-state index contributed by atoms with van der Waals surface area (Å²) >= 11 is 0. The van der Waals surface area contributed by atoms with E-state index in [9.17, 15) is 19.2 Å². The van der Waals surface area contributed by atoms with Crippen LogP contribution >= 0.6 is 0 Å². The number of anilines is 1. The van der Waals surface area contributed by atoms with Gasteiger partial charge in [0.15, 0.2) is 12.4 Å². The molecule has 8 nitrogen and oxygen atoms in total. The molecular formula is C22H25N3O5. The first-order valence-corrected chi connectivity index (χ1v) is 9.46. The van der Waals surface area contributed by atoms with Gasteiger partial charge in [0.25, 0.3) is 0 Å². The number of carbonyl (C=O) groups excluding carboxylic acids is 4. The van der Waals surface area contributed by atoms with Crippen molar-refractivity contribution in [1.29, 1.82) is 0 Å². The van der Waals surface area contributed by atoms with Gasteiger partial charge in [0.05, 0.1) is 5.56 Å². The van der Waals surface area contributed by atoms with Crippen molar-refractivity contribution in [3.8, 4) is 0 Å². The van der Waals surface area contributed by atoms with Gasteiger partial charge in [-0.2, -0.15) is 0 Å². The number of esters is 1. The van der Waals surface area contributed by atoms with Crippen LogP contribution in [0.4, 0.5) is 10.5 Å². The number of urea groups is 1. The van der Waals surface area contributed by atoms with E-state index in [4.69, 9.17) is 4.74 Å². The zero-order valence-electron chi connectivity index (χ0n) is 17.2. The van der Waals surface area contributed by atoms with E-state index in [-0.39, 0.29) is 23.8 Å². The van der Waals surface area contributed by atoms with Gasteiger partial charge >= 0.3 is 12.0 Å². The van der Waals surface area contributed by atoms with Gasteiger partial charge in [0, 0.05) is 30.8 Å². The van der Waals surface area contributed by atoms with Gasteiger partial charge in [-0.25, -0.2) is 9.59 Å². The summed E-state index contributed by atoms with van der Waals surface area (Å²) in [5, 5.41) is 8.05. The third kappa shape index (κ3) is 7.38. The van der Waals surface area contributed by atoms with Gasteiger partial charge in [-0.05, 0) is 55.8 Å². The van der Waals surface area contributed by atoms with Gasteiger partial charge in [-0.15, -0.1) is 0 Å². The number of hydrogen-bond donors (Lipinski definition) is 3. The lowest BCUT2D eigenvalue weighted by Crippen LogP contribution is -2.39. The highest BCUT2D eigenvalue weighted by Gasteiger charge is 2.12. The average molecular weight is 411 g/mol. The number of amides is 3. The zero-order chi connectivity index (χ0) is 22.1. The van der Waals surface area contributed by atoms with Crippen LogP contribution in [0.25, 0.3) is 0 Å². The Morgan fingerprint density at radius 2 is 1.50 bits per heavy atom. The van der Waals surface area contributed by atoms with Crippen molar-refractivity contribution in [2.75, 3.05) is 11.9 Å². The van der Waals surface area contributed by atoms with E-state index >= 15 is 0 Å². The van der Waals surface area contributed by atoms with Crippen molar-refractivity contribution in [2.24, 2.45) is 0 Å². The molecule has 0 bridgehead atoms. The van der Waals surface area contributed by atoms with Crippen LogP contribution in [0.5, 0.6) is 0 Å². The number of carbonyl (C=O) groups is 4. The lowest BCUT2D eigenvalue weighted by molar-refractivity contribution is -0.114. The van der Waals surface area contributed by atoms with Gasteiger partial charge in [0.2, 0.25) is 5.91 Å². The lowest BCUT2D eigenvalue weighted by atomic mass is 10.1. The Morgan fingerprint density at radius 1 is 0.900 bits per heavy atom. The molecule has 0 atom stereocenters. The maximum Gasteiger partial charge on any atom is 0.338 e. The fraction of sp³-hybridized carbons (Fsp3) is 0.273. The number of rotatable bonds is 8. The molecule has 0 saturated carbocycles. The molecule has 158 valence electrons. The smallest absolute Gasteiger partial charge is 0.338 e. The molecule has 0 aliphatic rings.